The minimum absolute atomic E-state index is 0.350. The molecule has 0 saturated heterocycles. The van der Waals surface area contributed by atoms with Crippen molar-refractivity contribution in [1.82, 2.24) is 10.0 Å². The molecule has 0 aliphatic heterocycles. The van der Waals surface area contributed by atoms with Crippen molar-refractivity contribution in [2.75, 3.05) is 13.1 Å². The summed E-state index contributed by atoms with van der Waals surface area (Å²) in [7, 11) is -3.16. The van der Waals surface area contributed by atoms with Crippen LogP contribution in [0, 0.1) is 5.92 Å². The van der Waals surface area contributed by atoms with Crippen LogP contribution in [0.5, 0.6) is 0 Å². The van der Waals surface area contributed by atoms with E-state index in [0.29, 0.717) is 25.0 Å². The highest BCUT2D eigenvalue weighted by Crippen LogP contribution is 2.18. The Morgan fingerprint density at radius 1 is 1.18 bits per heavy atom. The Balaban J connectivity index is 2.31. The van der Waals surface area contributed by atoms with Crippen molar-refractivity contribution in [3.63, 3.8) is 0 Å². The topological polar surface area (TPSA) is 58.2 Å². The number of sulfonamides is 1. The normalized spacial score (nSPS) is 18.6. The first kappa shape index (κ1) is 14.9. The summed E-state index contributed by atoms with van der Waals surface area (Å²) in [6.45, 7) is 7.09. The number of nitrogens with one attached hydrogen (secondary N) is 2. The Bertz CT molecular complexity index is 308. The van der Waals surface area contributed by atoms with Gasteiger partial charge in [0.15, 0.2) is 0 Å². The third-order valence-electron chi connectivity index (χ3n) is 3.53. The zero-order valence-corrected chi connectivity index (χ0v) is 12.0. The molecule has 1 aliphatic carbocycles. The standard InChI is InChI=1S/C12H26N2O2S/c1-4-11(5-2)9-14-17(15,16)10(3)8-13-12-6-7-12/h10-14H,4-9H2,1-3H3. The van der Waals surface area contributed by atoms with Gasteiger partial charge >= 0.3 is 0 Å². The Labute approximate surface area is 106 Å². The molecular formula is C12H26N2O2S. The van der Waals surface area contributed by atoms with E-state index in [0.717, 1.165) is 12.8 Å². The molecule has 0 radical (unpaired) electrons. The Hall–Kier alpha value is -0.130. The van der Waals surface area contributed by atoms with Crippen LogP contribution in [0.15, 0.2) is 0 Å². The zero-order chi connectivity index (χ0) is 12.9. The van der Waals surface area contributed by atoms with Crippen LogP contribution >= 0.6 is 0 Å². The van der Waals surface area contributed by atoms with Gasteiger partial charge in [0.1, 0.15) is 0 Å². The van der Waals surface area contributed by atoms with Crippen molar-refractivity contribution < 1.29 is 8.42 Å². The van der Waals surface area contributed by atoms with Crippen LogP contribution in [0.4, 0.5) is 0 Å². The molecule has 1 atom stereocenters. The maximum atomic E-state index is 11.9. The third kappa shape index (κ3) is 5.36. The van der Waals surface area contributed by atoms with Crippen LogP contribution in [0.25, 0.3) is 0 Å². The molecule has 17 heavy (non-hydrogen) atoms. The summed E-state index contributed by atoms with van der Waals surface area (Å²) in [5.41, 5.74) is 0. The summed E-state index contributed by atoms with van der Waals surface area (Å²) in [5, 5.41) is 2.91. The second kappa shape index (κ2) is 6.71. The van der Waals surface area contributed by atoms with Crippen molar-refractivity contribution in [3.05, 3.63) is 0 Å². The maximum absolute atomic E-state index is 11.9. The average Bonchev–Trinajstić information content (AvgIpc) is 3.11. The first-order valence-electron chi connectivity index (χ1n) is 6.71. The molecule has 0 heterocycles. The van der Waals surface area contributed by atoms with Gasteiger partial charge in [0.2, 0.25) is 10.0 Å². The lowest BCUT2D eigenvalue weighted by Crippen LogP contribution is -2.41. The minimum Gasteiger partial charge on any atom is -0.313 e. The summed E-state index contributed by atoms with van der Waals surface area (Å²) < 4.78 is 26.6. The van der Waals surface area contributed by atoms with Crippen molar-refractivity contribution in [1.29, 1.82) is 0 Å². The Morgan fingerprint density at radius 2 is 1.76 bits per heavy atom. The lowest BCUT2D eigenvalue weighted by Gasteiger charge is -2.17. The lowest BCUT2D eigenvalue weighted by molar-refractivity contribution is 0.475. The van der Waals surface area contributed by atoms with Gasteiger partial charge in [0.05, 0.1) is 5.25 Å². The van der Waals surface area contributed by atoms with Crippen LogP contribution in [0.1, 0.15) is 46.5 Å². The quantitative estimate of drug-likeness (QED) is 0.662. The summed E-state index contributed by atoms with van der Waals surface area (Å²) in [5.74, 6) is 0.452. The average molecular weight is 262 g/mol. The molecule has 1 unspecified atom stereocenters. The van der Waals surface area contributed by atoms with Gasteiger partial charge in [-0.05, 0) is 25.7 Å². The molecule has 4 nitrogen and oxygen atoms in total. The SMILES string of the molecule is CCC(CC)CNS(=O)(=O)C(C)CNC1CC1. The number of hydrogen-bond donors (Lipinski definition) is 2. The van der Waals surface area contributed by atoms with Gasteiger partial charge in [-0.15, -0.1) is 0 Å². The summed E-state index contributed by atoms with van der Waals surface area (Å²) in [6.07, 6.45) is 4.42. The molecule has 1 aliphatic rings. The van der Waals surface area contributed by atoms with E-state index in [1.807, 2.05) is 0 Å². The second-order valence-electron chi connectivity index (χ2n) is 5.07. The molecule has 0 spiro atoms. The van der Waals surface area contributed by atoms with E-state index < -0.39 is 10.0 Å². The van der Waals surface area contributed by atoms with E-state index in [1.54, 1.807) is 6.92 Å². The van der Waals surface area contributed by atoms with Gasteiger partial charge in [0, 0.05) is 19.1 Å². The van der Waals surface area contributed by atoms with Gasteiger partial charge in [-0.1, -0.05) is 26.7 Å². The Kier molecular flexibility index (Phi) is 5.89. The second-order valence-corrected chi connectivity index (χ2v) is 7.25. The van der Waals surface area contributed by atoms with E-state index in [2.05, 4.69) is 23.9 Å². The maximum Gasteiger partial charge on any atom is 0.215 e. The van der Waals surface area contributed by atoms with E-state index in [-0.39, 0.29) is 5.25 Å². The highest BCUT2D eigenvalue weighted by molar-refractivity contribution is 7.90. The molecule has 2 N–H and O–H groups in total. The van der Waals surface area contributed by atoms with Gasteiger partial charge in [-0.25, -0.2) is 13.1 Å². The van der Waals surface area contributed by atoms with E-state index in [9.17, 15) is 8.42 Å². The molecule has 102 valence electrons. The van der Waals surface area contributed by atoms with Gasteiger partial charge in [-0.3, -0.25) is 0 Å². The molecule has 1 saturated carbocycles. The third-order valence-corrected chi connectivity index (χ3v) is 5.32. The molecule has 0 amide bonds. The fourth-order valence-corrected chi connectivity index (χ4v) is 2.75. The number of rotatable bonds is 9. The van der Waals surface area contributed by atoms with E-state index >= 15 is 0 Å². The van der Waals surface area contributed by atoms with Gasteiger partial charge in [0.25, 0.3) is 0 Å². The predicted molar refractivity (Wildman–Crippen MR) is 71.5 cm³/mol. The van der Waals surface area contributed by atoms with Crippen molar-refractivity contribution in [2.45, 2.75) is 57.7 Å². The number of hydrogen-bond acceptors (Lipinski definition) is 3. The fraction of sp³-hybridized carbons (Fsp3) is 1.00. The molecule has 5 heteroatoms. The van der Waals surface area contributed by atoms with Crippen molar-refractivity contribution >= 4 is 10.0 Å². The molecule has 0 bridgehead atoms. The van der Waals surface area contributed by atoms with Crippen LogP contribution < -0.4 is 10.0 Å². The monoisotopic (exact) mass is 262 g/mol. The van der Waals surface area contributed by atoms with Crippen molar-refractivity contribution in [2.24, 2.45) is 5.92 Å². The van der Waals surface area contributed by atoms with Crippen molar-refractivity contribution in [3.8, 4) is 0 Å². The highest BCUT2D eigenvalue weighted by atomic mass is 32.2. The lowest BCUT2D eigenvalue weighted by atomic mass is 10.0. The highest BCUT2D eigenvalue weighted by Gasteiger charge is 2.25. The van der Waals surface area contributed by atoms with Crippen LogP contribution in [0.3, 0.4) is 0 Å². The molecular weight excluding hydrogens is 236 g/mol. The minimum atomic E-state index is -3.16. The zero-order valence-electron chi connectivity index (χ0n) is 11.2. The molecule has 0 aromatic carbocycles. The van der Waals surface area contributed by atoms with E-state index in [4.69, 9.17) is 0 Å². The molecule has 1 rings (SSSR count). The van der Waals surface area contributed by atoms with Crippen LogP contribution in [-0.4, -0.2) is 32.8 Å². The fourth-order valence-electron chi connectivity index (χ4n) is 1.68. The predicted octanol–water partition coefficient (Wildman–Crippen LogP) is 1.48. The van der Waals surface area contributed by atoms with Gasteiger partial charge in [-0.2, -0.15) is 0 Å². The first-order valence-corrected chi connectivity index (χ1v) is 8.26. The van der Waals surface area contributed by atoms with Gasteiger partial charge < -0.3 is 5.32 Å². The summed E-state index contributed by atoms with van der Waals surface area (Å²) >= 11 is 0. The summed E-state index contributed by atoms with van der Waals surface area (Å²) in [4.78, 5) is 0. The first-order chi connectivity index (χ1) is 7.99. The smallest absolute Gasteiger partial charge is 0.215 e. The molecule has 1 fully saturated rings. The van der Waals surface area contributed by atoms with Crippen LogP contribution in [-0.2, 0) is 10.0 Å². The molecule has 0 aromatic heterocycles. The Morgan fingerprint density at radius 3 is 2.24 bits per heavy atom. The van der Waals surface area contributed by atoms with E-state index in [1.165, 1.54) is 12.8 Å². The molecule has 0 aromatic rings. The summed E-state index contributed by atoms with van der Waals surface area (Å²) in [6, 6.07) is 0.562. The van der Waals surface area contributed by atoms with Crippen LogP contribution in [0.2, 0.25) is 0 Å². The largest absolute Gasteiger partial charge is 0.313 e.